The number of aryl methyl sites for hydroxylation is 1. The zero-order valence-electron chi connectivity index (χ0n) is 23.0. The van der Waals surface area contributed by atoms with Gasteiger partial charge in [0, 0.05) is 43.3 Å². The van der Waals surface area contributed by atoms with Crippen LogP contribution in [0.4, 0.5) is 0 Å². The van der Waals surface area contributed by atoms with Gasteiger partial charge >= 0.3 is 0 Å². The van der Waals surface area contributed by atoms with Crippen LogP contribution >= 0.6 is 0 Å². The Morgan fingerprint density at radius 1 is 0.949 bits per heavy atom. The number of hydrogen-bond donors (Lipinski definition) is 3. The minimum atomic E-state index is -0.884. The van der Waals surface area contributed by atoms with Gasteiger partial charge < -0.3 is 39.0 Å². The maximum atomic E-state index is 11.8. The summed E-state index contributed by atoms with van der Waals surface area (Å²) in [6.07, 6.45) is 5.28. The van der Waals surface area contributed by atoms with Crippen LogP contribution in [0.25, 0.3) is 0 Å². The highest BCUT2D eigenvalue weighted by atomic mass is 16.5. The van der Waals surface area contributed by atoms with Crippen LogP contribution in [0, 0.1) is 11.8 Å². The minimum Gasteiger partial charge on any atom is -0.496 e. The van der Waals surface area contributed by atoms with Gasteiger partial charge in [-0.3, -0.25) is 0 Å². The summed E-state index contributed by atoms with van der Waals surface area (Å²) in [5.74, 6) is 1.86. The fourth-order valence-corrected chi connectivity index (χ4v) is 6.44. The Morgan fingerprint density at radius 3 is 2.49 bits per heavy atom. The number of aliphatic hydroxyl groups excluding tert-OH is 3. The lowest BCUT2D eigenvalue weighted by molar-refractivity contribution is -0.0888. The molecule has 8 nitrogen and oxygen atoms in total. The molecule has 8 heteroatoms. The summed E-state index contributed by atoms with van der Waals surface area (Å²) in [4.78, 5) is 0. The standard InChI is InChI=1S/C31H42O8/c1-35-14-6-10-26-29(31(34)23-17-27(36-2)19(7-5-13-32)15-28(23)39-26)24-18-37-25-12-11-21(16-22(25)30(24)33)38-20-8-3-4-9-20/h11-12,15-17,20,24,26,29-34H,3-10,13-14,18H2,1-2H3/t24-,26-,29+,30+,31-/m0/s1. The Balaban J connectivity index is 1.44. The third kappa shape index (κ3) is 5.99. The van der Waals surface area contributed by atoms with Gasteiger partial charge in [0.15, 0.2) is 0 Å². The molecule has 0 saturated heterocycles. The number of ether oxygens (including phenoxy) is 5. The molecule has 0 amide bonds. The molecule has 2 aromatic rings. The third-order valence-corrected chi connectivity index (χ3v) is 8.48. The van der Waals surface area contributed by atoms with Gasteiger partial charge in [0.05, 0.1) is 32.0 Å². The summed E-state index contributed by atoms with van der Waals surface area (Å²) in [5, 5.41) is 32.8. The minimum absolute atomic E-state index is 0.0832. The first kappa shape index (κ1) is 28.0. The highest BCUT2D eigenvalue weighted by Gasteiger charge is 2.47. The van der Waals surface area contributed by atoms with Crippen LogP contribution in [0.5, 0.6) is 23.0 Å². The second-order valence-corrected chi connectivity index (χ2v) is 11.0. The Kier molecular flexibility index (Phi) is 9.17. The number of methoxy groups -OCH3 is 2. The molecular weight excluding hydrogens is 500 g/mol. The van der Waals surface area contributed by atoms with Gasteiger partial charge in [-0.2, -0.15) is 0 Å². The van der Waals surface area contributed by atoms with Gasteiger partial charge in [-0.05, 0) is 87.3 Å². The van der Waals surface area contributed by atoms with Crippen LogP contribution in [0.15, 0.2) is 30.3 Å². The normalized spacial score (nSPS) is 26.3. The second kappa shape index (κ2) is 12.8. The molecule has 5 atom stereocenters. The van der Waals surface area contributed by atoms with E-state index in [-0.39, 0.29) is 25.4 Å². The summed E-state index contributed by atoms with van der Waals surface area (Å²) in [6, 6.07) is 9.43. The van der Waals surface area contributed by atoms with Crippen molar-refractivity contribution in [2.75, 3.05) is 34.0 Å². The lowest BCUT2D eigenvalue weighted by Gasteiger charge is -2.44. The van der Waals surface area contributed by atoms with Crippen molar-refractivity contribution in [2.24, 2.45) is 11.8 Å². The zero-order valence-corrected chi connectivity index (χ0v) is 23.0. The second-order valence-electron chi connectivity index (χ2n) is 11.0. The van der Waals surface area contributed by atoms with Crippen LogP contribution in [-0.4, -0.2) is 61.6 Å². The smallest absolute Gasteiger partial charge is 0.126 e. The third-order valence-electron chi connectivity index (χ3n) is 8.48. The maximum Gasteiger partial charge on any atom is 0.126 e. The van der Waals surface area contributed by atoms with Gasteiger partial charge in [0.1, 0.15) is 29.1 Å². The largest absolute Gasteiger partial charge is 0.496 e. The summed E-state index contributed by atoms with van der Waals surface area (Å²) in [7, 11) is 3.27. The predicted octanol–water partition coefficient (Wildman–Crippen LogP) is 4.52. The summed E-state index contributed by atoms with van der Waals surface area (Å²) in [6.45, 7) is 0.929. The number of aliphatic hydroxyl groups is 3. The Morgan fingerprint density at radius 2 is 1.74 bits per heavy atom. The molecule has 0 aromatic heterocycles. The lowest BCUT2D eigenvalue weighted by atomic mass is 9.73. The molecule has 2 heterocycles. The molecule has 0 spiro atoms. The average molecular weight is 543 g/mol. The number of hydrogen-bond acceptors (Lipinski definition) is 8. The average Bonchev–Trinajstić information content (AvgIpc) is 3.46. The molecule has 1 aliphatic carbocycles. The maximum absolute atomic E-state index is 11.8. The van der Waals surface area contributed by atoms with Crippen LogP contribution < -0.4 is 18.9 Å². The van der Waals surface area contributed by atoms with E-state index < -0.39 is 24.0 Å². The highest BCUT2D eigenvalue weighted by molar-refractivity contribution is 5.50. The van der Waals surface area contributed by atoms with Gasteiger partial charge in [0.25, 0.3) is 0 Å². The van der Waals surface area contributed by atoms with E-state index in [0.29, 0.717) is 54.2 Å². The van der Waals surface area contributed by atoms with E-state index in [1.165, 1.54) is 12.8 Å². The Hall–Kier alpha value is -2.52. The molecule has 2 aliphatic heterocycles. The molecule has 3 aliphatic rings. The van der Waals surface area contributed by atoms with E-state index in [4.69, 9.17) is 23.7 Å². The van der Waals surface area contributed by atoms with Gasteiger partial charge in [0.2, 0.25) is 0 Å². The Labute approximate surface area is 230 Å². The molecule has 0 radical (unpaired) electrons. The van der Waals surface area contributed by atoms with E-state index in [0.717, 1.165) is 30.6 Å². The van der Waals surface area contributed by atoms with Crippen LogP contribution in [0.1, 0.15) is 73.8 Å². The van der Waals surface area contributed by atoms with E-state index in [1.807, 2.05) is 30.3 Å². The van der Waals surface area contributed by atoms with Crippen LogP contribution in [0.3, 0.4) is 0 Å². The molecule has 0 bridgehead atoms. The topological polar surface area (TPSA) is 107 Å². The first-order valence-electron chi connectivity index (χ1n) is 14.3. The highest BCUT2D eigenvalue weighted by Crippen LogP contribution is 2.50. The summed E-state index contributed by atoms with van der Waals surface area (Å²) in [5.41, 5.74) is 2.26. The van der Waals surface area contributed by atoms with Gasteiger partial charge in [-0.1, -0.05) is 0 Å². The molecule has 0 unspecified atom stereocenters. The van der Waals surface area contributed by atoms with Crippen molar-refractivity contribution in [3.05, 3.63) is 47.0 Å². The lowest BCUT2D eigenvalue weighted by Crippen LogP contribution is -2.46. The van der Waals surface area contributed by atoms with Gasteiger partial charge in [-0.25, -0.2) is 0 Å². The van der Waals surface area contributed by atoms with Crippen molar-refractivity contribution >= 4 is 0 Å². The van der Waals surface area contributed by atoms with E-state index in [9.17, 15) is 15.3 Å². The van der Waals surface area contributed by atoms with Crippen molar-refractivity contribution in [2.45, 2.75) is 75.8 Å². The molecule has 2 aromatic carbocycles. The Bertz CT molecular complexity index is 1100. The predicted molar refractivity (Wildman–Crippen MR) is 146 cm³/mol. The fourth-order valence-electron chi connectivity index (χ4n) is 6.44. The van der Waals surface area contributed by atoms with Crippen LogP contribution in [0.2, 0.25) is 0 Å². The number of fused-ring (bicyclic) bond motifs is 2. The molecule has 3 N–H and O–H groups in total. The molecule has 5 rings (SSSR count). The zero-order chi connectivity index (χ0) is 27.4. The fraction of sp³-hybridized carbons (Fsp3) is 0.613. The van der Waals surface area contributed by atoms with Crippen LogP contribution in [-0.2, 0) is 11.2 Å². The van der Waals surface area contributed by atoms with E-state index >= 15 is 0 Å². The first-order valence-corrected chi connectivity index (χ1v) is 14.3. The number of benzene rings is 2. The summed E-state index contributed by atoms with van der Waals surface area (Å²) >= 11 is 0. The summed E-state index contributed by atoms with van der Waals surface area (Å²) < 4.78 is 29.8. The molecule has 1 fully saturated rings. The van der Waals surface area contributed by atoms with Crippen molar-refractivity contribution in [3.63, 3.8) is 0 Å². The van der Waals surface area contributed by atoms with Crippen molar-refractivity contribution in [3.8, 4) is 23.0 Å². The molecular formula is C31H42O8. The van der Waals surface area contributed by atoms with Crippen molar-refractivity contribution in [1.29, 1.82) is 0 Å². The molecule has 214 valence electrons. The SMILES string of the molecule is COCCC[C@@H]1Oc2cc(CCCO)c(OC)cc2[C@H](O)[C@@H]1[C@@H]1COc2ccc(OC3CCCC3)cc2[C@H]1O. The van der Waals surface area contributed by atoms with Crippen molar-refractivity contribution < 1.29 is 39.0 Å². The van der Waals surface area contributed by atoms with Crippen molar-refractivity contribution in [1.82, 2.24) is 0 Å². The first-order chi connectivity index (χ1) is 19.0. The molecule has 39 heavy (non-hydrogen) atoms. The van der Waals surface area contributed by atoms with E-state index in [1.54, 1.807) is 14.2 Å². The van der Waals surface area contributed by atoms with Gasteiger partial charge in [-0.15, -0.1) is 0 Å². The molecule has 1 saturated carbocycles. The number of rotatable bonds is 11. The van der Waals surface area contributed by atoms with E-state index in [2.05, 4.69) is 0 Å². The monoisotopic (exact) mass is 542 g/mol. The quantitative estimate of drug-likeness (QED) is 0.356.